The molecule has 0 saturated carbocycles. The number of anilines is 1. The van der Waals surface area contributed by atoms with Crippen LogP contribution in [-0.4, -0.2) is 72.4 Å². The number of aliphatic hydroxyl groups excluding tert-OH is 1. The molecule has 2 N–H and O–H groups in total. The zero-order valence-electron chi connectivity index (χ0n) is 14.9. The lowest BCUT2D eigenvalue weighted by molar-refractivity contribution is -0.195. The maximum atomic E-state index is 11.5. The van der Waals surface area contributed by atoms with Crippen molar-refractivity contribution in [3.05, 3.63) is 23.8 Å². The van der Waals surface area contributed by atoms with Crippen molar-refractivity contribution in [2.45, 2.75) is 25.9 Å². The van der Waals surface area contributed by atoms with Crippen molar-refractivity contribution in [1.29, 1.82) is 0 Å². The molecule has 1 unspecified atom stereocenters. The molecule has 8 heteroatoms. The van der Waals surface area contributed by atoms with Gasteiger partial charge in [0, 0.05) is 57.3 Å². The normalized spacial score (nSPS) is 19.4. The lowest BCUT2D eigenvalue weighted by atomic mass is 10.0. The molecule has 1 fully saturated rings. The minimum atomic E-state index is -0.621. The number of nitrogens with one attached hydrogen (secondary N) is 1. The Morgan fingerprint density at radius 1 is 1.27 bits per heavy atom. The van der Waals surface area contributed by atoms with Crippen LogP contribution >= 0.6 is 0 Å². The van der Waals surface area contributed by atoms with E-state index < -0.39 is 6.10 Å². The Balaban J connectivity index is 1.45. The molecule has 142 valence electrons. The highest BCUT2D eigenvalue weighted by atomic mass is 16.7. The van der Waals surface area contributed by atoms with Gasteiger partial charge in [-0.05, 0) is 18.6 Å². The minimum Gasteiger partial charge on any atom is -0.490 e. The summed E-state index contributed by atoms with van der Waals surface area (Å²) in [5.41, 5.74) is 1.77. The maximum Gasteiger partial charge on any atom is 0.322 e. The van der Waals surface area contributed by atoms with Gasteiger partial charge in [-0.3, -0.25) is 14.5 Å². The number of piperazine rings is 1. The molecule has 2 aliphatic heterocycles. The first-order chi connectivity index (χ1) is 12.5. The predicted molar refractivity (Wildman–Crippen MR) is 94.7 cm³/mol. The first-order valence-corrected chi connectivity index (χ1v) is 8.89. The van der Waals surface area contributed by atoms with Crippen LogP contribution < -0.4 is 10.1 Å². The molecule has 2 heterocycles. The van der Waals surface area contributed by atoms with Crippen LogP contribution in [0, 0.1) is 0 Å². The number of carbonyl (C=O) groups excluding carboxylic acids is 2. The Morgan fingerprint density at radius 2 is 2.04 bits per heavy atom. The first kappa shape index (κ1) is 18.6. The number of benzene rings is 1. The van der Waals surface area contributed by atoms with Gasteiger partial charge >= 0.3 is 5.97 Å². The van der Waals surface area contributed by atoms with Crippen molar-refractivity contribution in [1.82, 2.24) is 9.96 Å². The van der Waals surface area contributed by atoms with Crippen molar-refractivity contribution in [2.24, 2.45) is 0 Å². The van der Waals surface area contributed by atoms with E-state index in [0.29, 0.717) is 38.2 Å². The SMILES string of the molecule is CC(=O)ON1CCN(CC(O)COc2cccc3c2CCC(=O)N3)CC1. The Kier molecular flexibility index (Phi) is 6.08. The zero-order valence-corrected chi connectivity index (χ0v) is 14.9. The molecule has 1 amide bonds. The highest BCUT2D eigenvalue weighted by molar-refractivity contribution is 5.94. The van der Waals surface area contributed by atoms with E-state index in [1.807, 2.05) is 18.2 Å². The number of hydrogen-bond donors (Lipinski definition) is 2. The summed E-state index contributed by atoms with van der Waals surface area (Å²) in [5, 5.41) is 14.8. The molecule has 1 saturated heterocycles. The Hall–Kier alpha value is -2.16. The molecule has 0 aromatic heterocycles. The summed E-state index contributed by atoms with van der Waals surface area (Å²) in [7, 11) is 0. The van der Waals surface area contributed by atoms with Crippen molar-refractivity contribution in [3.8, 4) is 5.75 Å². The van der Waals surface area contributed by atoms with Crippen LogP contribution in [0.2, 0.25) is 0 Å². The summed E-state index contributed by atoms with van der Waals surface area (Å²) >= 11 is 0. The molecule has 0 spiro atoms. The topological polar surface area (TPSA) is 91.3 Å². The van der Waals surface area contributed by atoms with Crippen molar-refractivity contribution >= 4 is 17.6 Å². The van der Waals surface area contributed by atoms with Gasteiger partial charge < -0.3 is 20.0 Å². The molecule has 1 aromatic rings. The molecule has 1 aromatic carbocycles. The van der Waals surface area contributed by atoms with Crippen LogP contribution in [-0.2, 0) is 20.8 Å². The minimum absolute atomic E-state index is 0.0163. The number of amides is 1. The van der Waals surface area contributed by atoms with Gasteiger partial charge in [-0.25, -0.2) is 0 Å². The number of aliphatic hydroxyl groups is 1. The van der Waals surface area contributed by atoms with Crippen LogP contribution in [0.1, 0.15) is 18.9 Å². The fourth-order valence-corrected chi connectivity index (χ4v) is 3.25. The summed E-state index contributed by atoms with van der Waals surface area (Å²) in [5.74, 6) is 0.415. The number of ether oxygens (including phenoxy) is 1. The number of hydrogen-bond acceptors (Lipinski definition) is 7. The molecule has 0 aliphatic carbocycles. The molecule has 3 rings (SSSR count). The van der Waals surface area contributed by atoms with Gasteiger partial charge in [-0.15, -0.1) is 5.06 Å². The molecule has 8 nitrogen and oxygen atoms in total. The molecule has 1 atom stereocenters. The predicted octanol–water partition coefficient (Wildman–Crippen LogP) is 0.407. The lowest BCUT2D eigenvalue weighted by Gasteiger charge is -2.34. The zero-order chi connectivity index (χ0) is 18.5. The van der Waals surface area contributed by atoms with Gasteiger partial charge in [0.2, 0.25) is 5.91 Å². The highest BCUT2D eigenvalue weighted by Gasteiger charge is 2.22. The second-order valence-electron chi connectivity index (χ2n) is 6.61. The smallest absolute Gasteiger partial charge is 0.322 e. The largest absolute Gasteiger partial charge is 0.490 e. The third kappa shape index (κ3) is 4.94. The van der Waals surface area contributed by atoms with E-state index in [0.717, 1.165) is 24.3 Å². The van der Waals surface area contributed by atoms with Gasteiger partial charge in [0.05, 0.1) is 0 Å². The molecular weight excluding hydrogens is 338 g/mol. The van der Waals surface area contributed by atoms with Crippen molar-refractivity contribution < 1.29 is 24.3 Å². The molecule has 2 aliphatic rings. The van der Waals surface area contributed by atoms with Gasteiger partial charge in [-0.1, -0.05) is 6.07 Å². The van der Waals surface area contributed by atoms with Crippen LogP contribution in [0.5, 0.6) is 5.75 Å². The number of hydroxylamine groups is 2. The summed E-state index contributed by atoms with van der Waals surface area (Å²) in [6.07, 6.45) is 0.470. The number of carbonyl (C=O) groups is 2. The van der Waals surface area contributed by atoms with E-state index >= 15 is 0 Å². The summed E-state index contributed by atoms with van der Waals surface area (Å²) < 4.78 is 5.81. The van der Waals surface area contributed by atoms with Gasteiger partial charge in [0.1, 0.15) is 18.5 Å². The summed E-state index contributed by atoms with van der Waals surface area (Å²) in [6.45, 7) is 4.77. The van der Waals surface area contributed by atoms with E-state index in [2.05, 4.69) is 10.2 Å². The number of rotatable bonds is 6. The monoisotopic (exact) mass is 363 g/mol. The third-order valence-corrected chi connectivity index (χ3v) is 4.50. The quantitative estimate of drug-likeness (QED) is 0.756. The maximum absolute atomic E-state index is 11.5. The van der Waals surface area contributed by atoms with Crippen LogP contribution in [0.15, 0.2) is 18.2 Å². The second kappa shape index (κ2) is 8.48. The Labute approximate surface area is 152 Å². The first-order valence-electron chi connectivity index (χ1n) is 8.89. The van der Waals surface area contributed by atoms with E-state index in [-0.39, 0.29) is 18.5 Å². The van der Waals surface area contributed by atoms with Crippen molar-refractivity contribution in [3.63, 3.8) is 0 Å². The third-order valence-electron chi connectivity index (χ3n) is 4.50. The van der Waals surface area contributed by atoms with E-state index in [9.17, 15) is 14.7 Å². The van der Waals surface area contributed by atoms with Crippen LogP contribution in [0.3, 0.4) is 0 Å². The van der Waals surface area contributed by atoms with Crippen LogP contribution in [0.4, 0.5) is 5.69 Å². The lowest BCUT2D eigenvalue weighted by Crippen LogP contribution is -2.49. The second-order valence-corrected chi connectivity index (χ2v) is 6.61. The average Bonchev–Trinajstić information content (AvgIpc) is 2.61. The van der Waals surface area contributed by atoms with Crippen molar-refractivity contribution in [2.75, 3.05) is 44.6 Å². The van der Waals surface area contributed by atoms with E-state index in [4.69, 9.17) is 9.57 Å². The fraction of sp³-hybridized carbons (Fsp3) is 0.556. The van der Waals surface area contributed by atoms with E-state index in [1.54, 1.807) is 5.06 Å². The summed E-state index contributed by atoms with van der Waals surface area (Å²) in [6, 6.07) is 5.56. The van der Waals surface area contributed by atoms with Gasteiger partial charge in [0.15, 0.2) is 0 Å². The summed E-state index contributed by atoms with van der Waals surface area (Å²) in [4.78, 5) is 29.6. The molecule has 0 radical (unpaired) electrons. The molecule has 0 bridgehead atoms. The Bertz CT molecular complexity index is 658. The fourth-order valence-electron chi connectivity index (χ4n) is 3.25. The average molecular weight is 363 g/mol. The van der Waals surface area contributed by atoms with Gasteiger partial charge in [0.25, 0.3) is 0 Å². The number of β-amino-alcohol motifs (C(OH)–C–C–N with tert-alkyl or cyclic N) is 1. The van der Waals surface area contributed by atoms with E-state index in [1.165, 1.54) is 6.92 Å². The number of fused-ring (bicyclic) bond motifs is 1. The number of nitrogens with zero attached hydrogens (tertiary/aromatic N) is 2. The standard InChI is InChI=1S/C18H25N3O5/c1-13(22)26-21-9-7-20(8-10-21)11-14(23)12-25-17-4-2-3-16-15(17)5-6-18(24)19-16/h2-4,14,23H,5-12H2,1H3,(H,19,24). The highest BCUT2D eigenvalue weighted by Crippen LogP contribution is 2.31. The Morgan fingerprint density at radius 3 is 2.77 bits per heavy atom. The molecular formula is C18H25N3O5. The van der Waals surface area contributed by atoms with Crippen LogP contribution in [0.25, 0.3) is 0 Å². The molecule has 26 heavy (non-hydrogen) atoms. The van der Waals surface area contributed by atoms with Gasteiger partial charge in [-0.2, -0.15) is 0 Å².